The maximum absolute atomic E-state index is 4.12. The van der Waals surface area contributed by atoms with Crippen LogP contribution in [-0.2, 0) is 0 Å². The molecule has 0 radical (unpaired) electrons. The van der Waals surface area contributed by atoms with Gasteiger partial charge in [-0.25, -0.2) is 0 Å². The van der Waals surface area contributed by atoms with Crippen LogP contribution in [-0.4, -0.2) is 0 Å². The van der Waals surface area contributed by atoms with E-state index < -0.39 is 0 Å². The highest BCUT2D eigenvalue weighted by Gasteiger charge is 2.53. The molecule has 1 unspecified atom stereocenters. The highest BCUT2D eigenvalue weighted by molar-refractivity contribution is 5.42. The van der Waals surface area contributed by atoms with E-state index in [0.29, 0.717) is 11.3 Å². The van der Waals surface area contributed by atoms with Crippen molar-refractivity contribution < 1.29 is 0 Å². The lowest BCUT2D eigenvalue weighted by atomic mass is 9.84. The Morgan fingerprint density at radius 1 is 1.67 bits per heavy atom. The van der Waals surface area contributed by atoms with Crippen molar-refractivity contribution in [1.29, 1.82) is 0 Å². The fraction of sp³-hybridized carbons (Fsp3) is 0.500. The summed E-state index contributed by atoms with van der Waals surface area (Å²) >= 11 is 0. The van der Waals surface area contributed by atoms with Crippen molar-refractivity contribution in [3.8, 4) is 0 Å². The summed E-state index contributed by atoms with van der Waals surface area (Å²) in [4.78, 5) is 0. The van der Waals surface area contributed by atoms with Crippen LogP contribution in [0.3, 0.4) is 0 Å². The second-order valence-electron chi connectivity index (χ2n) is 4.14. The third-order valence-corrected chi connectivity index (χ3v) is 3.49. The van der Waals surface area contributed by atoms with Gasteiger partial charge >= 0.3 is 0 Å². The lowest BCUT2D eigenvalue weighted by molar-refractivity contribution is 0.447. The Kier molecular flexibility index (Phi) is 1.54. The molecule has 0 heteroatoms. The molecule has 0 heterocycles. The molecule has 0 aliphatic heterocycles. The summed E-state index contributed by atoms with van der Waals surface area (Å²) < 4.78 is 0. The summed E-state index contributed by atoms with van der Waals surface area (Å²) in [5.41, 5.74) is 3.41. The van der Waals surface area contributed by atoms with Crippen LogP contribution in [0.1, 0.15) is 26.2 Å². The minimum Gasteiger partial charge on any atom is -0.103 e. The molecule has 0 bridgehead atoms. The summed E-state index contributed by atoms with van der Waals surface area (Å²) in [5, 5.41) is 0. The van der Waals surface area contributed by atoms with E-state index in [4.69, 9.17) is 0 Å². The average Bonchev–Trinajstić information content (AvgIpc) is 2.76. The molecule has 0 saturated heterocycles. The van der Waals surface area contributed by atoms with Gasteiger partial charge in [0.1, 0.15) is 0 Å². The van der Waals surface area contributed by atoms with Crippen molar-refractivity contribution in [2.24, 2.45) is 11.3 Å². The van der Waals surface area contributed by atoms with Crippen molar-refractivity contribution in [3.05, 3.63) is 36.5 Å². The Labute approximate surface area is 74.7 Å². The third-order valence-electron chi connectivity index (χ3n) is 3.49. The average molecular weight is 160 g/mol. The normalized spacial score (nSPS) is 30.6. The SMILES string of the molecule is C=CCC1C(=C)C=C(C)C12CC2. The second-order valence-corrected chi connectivity index (χ2v) is 4.14. The smallest absolute Gasteiger partial charge is 0.00156 e. The molecule has 1 saturated carbocycles. The van der Waals surface area contributed by atoms with E-state index in [1.54, 1.807) is 5.57 Å². The molecular formula is C12H16. The number of hydrogen-bond acceptors (Lipinski definition) is 0. The van der Waals surface area contributed by atoms with Crippen LogP contribution in [0, 0.1) is 11.3 Å². The summed E-state index contributed by atoms with van der Waals surface area (Å²) in [6, 6.07) is 0. The Morgan fingerprint density at radius 2 is 2.33 bits per heavy atom. The first-order valence-electron chi connectivity index (χ1n) is 4.69. The quantitative estimate of drug-likeness (QED) is 0.542. The first-order chi connectivity index (χ1) is 5.70. The largest absolute Gasteiger partial charge is 0.103 e. The molecule has 64 valence electrons. The van der Waals surface area contributed by atoms with Gasteiger partial charge in [0.2, 0.25) is 0 Å². The zero-order chi connectivity index (χ0) is 8.77. The molecule has 0 aromatic rings. The Morgan fingerprint density at radius 3 is 2.83 bits per heavy atom. The van der Waals surface area contributed by atoms with Gasteiger partial charge in [0.25, 0.3) is 0 Å². The lowest BCUT2D eigenvalue weighted by Gasteiger charge is -2.19. The molecule has 0 aromatic heterocycles. The van der Waals surface area contributed by atoms with E-state index in [0.717, 1.165) is 6.42 Å². The van der Waals surface area contributed by atoms with Gasteiger partial charge in [-0.1, -0.05) is 29.9 Å². The molecular weight excluding hydrogens is 144 g/mol. The molecule has 0 N–H and O–H groups in total. The number of allylic oxidation sites excluding steroid dienone is 4. The molecule has 2 aliphatic rings. The van der Waals surface area contributed by atoms with Gasteiger partial charge in [-0.05, 0) is 37.5 Å². The zero-order valence-corrected chi connectivity index (χ0v) is 7.77. The van der Waals surface area contributed by atoms with Crippen LogP contribution >= 0.6 is 0 Å². The zero-order valence-electron chi connectivity index (χ0n) is 7.77. The fourth-order valence-electron chi connectivity index (χ4n) is 2.57. The summed E-state index contributed by atoms with van der Waals surface area (Å²) in [6.07, 6.45) is 8.15. The first kappa shape index (κ1) is 7.85. The molecule has 1 atom stereocenters. The van der Waals surface area contributed by atoms with Crippen LogP contribution < -0.4 is 0 Å². The molecule has 0 nitrogen and oxygen atoms in total. The van der Waals surface area contributed by atoms with Crippen molar-refractivity contribution in [3.63, 3.8) is 0 Å². The summed E-state index contributed by atoms with van der Waals surface area (Å²) in [6.45, 7) is 10.2. The Balaban J connectivity index is 2.26. The minimum atomic E-state index is 0.533. The molecule has 2 aliphatic carbocycles. The van der Waals surface area contributed by atoms with E-state index in [1.165, 1.54) is 18.4 Å². The van der Waals surface area contributed by atoms with Gasteiger partial charge < -0.3 is 0 Å². The maximum Gasteiger partial charge on any atom is -0.00156 e. The first-order valence-corrected chi connectivity index (χ1v) is 4.69. The maximum atomic E-state index is 4.12. The van der Waals surface area contributed by atoms with Crippen LogP contribution in [0.15, 0.2) is 36.5 Å². The summed E-state index contributed by atoms with van der Waals surface area (Å²) in [5.74, 6) is 0.676. The van der Waals surface area contributed by atoms with Crippen molar-refractivity contribution in [2.45, 2.75) is 26.2 Å². The van der Waals surface area contributed by atoms with Crippen molar-refractivity contribution in [2.75, 3.05) is 0 Å². The minimum absolute atomic E-state index is 0.533. The predicted octanol–water partition coefficient (Wildman–Crippen LogP) is 3.48. The molecule has 12 heavy (non-hydrogen) atoms. The van der Waals surface area contributed by atoms with Crippen molar-refractivity contribution in [1.82, 2.24) is 0 Å². The predicted molar refractivity (Wildman–Crippen MR) is 52.9 cm³/mol. The van der Waals surface area contributed by atoms with E-state index in [2.05, 4.69) is 26.2 Å². The van der Waals surface area contributed by atoms with Crippen LogP contribution in [0.5, 0.6) is 0 Å². The Hall–Kier alpha value is -0.780. The third kappa shape index (κ3) is 0.841. The number of rotatable bonds is 2. The molecule has 0 amide bonds. The van der Waals surface area contributed by atoms with Crippen LogP contribution in [0.4, 0.5) is 0 Å². The highest BCUT2D eigenvalue weighted by atomic mass is 14.6. The fourth-order valence-corrected chi connectivity index (χ4v) is 2.57. The summed E-state index contributed by atoms with van der Waals surface area (Å²) in [7, 11) is 0. The van der Waals surface area contributed by atoms with E-state index >= 15 is 0 Å². The highest BCUT2D eigenvalue weighted by Crippen LogP contribution is 2.64. The standard InChI is InChI=1S/C12H16/c1-4-5-11-9(2)8-10(3)12(11)6-7-12/h4,8,11H,1-2,5-7H2,3H3. The molecule has 0 aromatic carbocycles. The van der Waals surface area contributed by atoms with Gasteiger partial charge in [0.15, 0.2) is 0 Å². The lowest BCUT2D eigenvalue weighted by Crippen LogP contribution is -2.11. The van der Waals surface area contributed by atoms with Gasteiger partial charge in [0, 0.05) is 0 Å². The van der Waals surface area contributed by atoms with E-state index in [1.807, 2.05) is 6.08 Å². The van der Waals surface area contributed by atoms with E-state index in [-0.39, 0.29) is 0 Å². The topological polar surface area (TPSA) is 0 Å². The Bertz CT molecular complexity index is 264. The van der Waals surface area contributed by atoms with E-state index in [9.17, 15) is 0 Å². The molecule has 1 spiro atoms. The van der Waals surface area contributed by atoms with Crippen LogP contribution in [0.2, 0.25) is 0 Å². The van der Waals surface area contributed by atoms with Gasteiger partial charge in [-0.15, -0.1) is 6.58 Å². The molecule has 2 rings (SSSR count). The number of hydrogen-bond donors (Lipinski definition) is 0. The van der Waals surface area contributed by atoms with Crippen molar-refractivity contribution >= 4 is 0 Å². The second kappa shape index (κ2) is 2.35. The molecule has 1 fully saturated rings. The van der Waals surface area contributed by atoms with Gasteiger partial charge in [-0.3, -0.25) is 0 Å². The van der Waals surface area contributed by atoms with Gasteiger partial charge in [-0.2, -0.15) is 0 Å². The van der Waals surface area contributed by atoms with Gasteiger partial charge in [0.05, 0.1) is 0 Å². The monoisotopic (exact) mass is 160 g/mol. The van der Waals surface area contributed by atoms with Crippen LogP contribution in [0.25, 0.3) is 0 Å².